The van der Waals surface area contributed by atoms with E-state index in [1.165, 1.54) is 0 Å². The molecule has 110 valence electrons. The number of amides is 1. The Morgan fingerprint density at radius 2 is 2.10 bits per heavy atom. The largest absolute Gasteiger partial charge is 0.483 e. The Bertz CT molecular complexity index is 467. The first-order valence-electron chi connectivity index (χ1n) is 7.21. The molecule has 1 aliphatic rings. The van der Waals surface area contributed by atoms with Crippen molar-refractivity contribution in [3.8, 4) is 5.75 Å². The monoisotopic (exact) mass is 277 g/mol. The molecule has 0 atom stereocenters. The molecular formula is C16H23NO3. The molecule has 20 heavy (non-hydrogen) atoms. The van der Waals surface area contributed by atoms with E-state index in [0.717, 1.165) is 30.6 Å². The Morgan fingerprint density at radius 3 is 2.70 bits per heavy atom. The molecule has 1 aromatic rings. The molecule has 1 aliphatic carbocycles. The summed E-state index contributed by atoms with van der Waals surface area (Å²) in [7, 11) is 0. The van der Waals surface area contributed by atoms with Crippen LogP contribution in [-0.4, -0.2) is 29.8 Å². The number of hydrogen-bond donors (Lipinski definition) is 2. The number of rotatable bonds is 6. The van der Waals surface area contributed by atoms with Gasteiger partial charge in [-0.3, -0.25) is 4.79 Å². The number of carbonyl (C=O) groups is 1. The number of nitrogens with one attached hydrogen (secondary N) is 1. The lowest BCUT2D eigenvalue weighted by Gasteiger charge is -2.36. The van der Waals surface area contributed by atoms with Crippen LogP contribution >= 0.6 is 0 Å². The van der Waals surface area contributed by atoms with E-state index in [1.54, 1.807) is 0 Å². The van der Waals surface area contributed by atoms with Crippen molar-refractivity contribution in [3.63, 3.8) is 0 Å². The van der Waals surface area contributed by atoms with E-state index in [1.807, 2.05) is 24.3 Å². The highest BCUT2D eigenvalue weighted by Crippen LogP contribution is 2.30. The van der Waals surface area contributed by atoms with Gasteiger partial charge in [-0.05, 0) is 36.8 Å². The maximum atomic E-state index is 11.7. The fourth-order valence-corrected chi connectivity index (χ4v) is 2.31. The average molecular weight is 277 g/mol. The second-order valence-electron chi connectivity index (χ2n) is 5.84. The van der Waals surface area contributed by atoms with Gasteiger partial charge in [-0.1, -0.05) is 32.0 Å². The van der Waals surface area contributed by atoms with Crippen molar-refractivity contribution in [3.05, 3.63) is 29.8 Å². The SMILES string of the molecule is CC(C)c1ccccc1OCC(=O)NCC1(O)CCC1. The summed E-state index contributed by atoms with van der Waals surface area (Å²) >= 11 is 0. The molecule has 0 saturated heterocycles. The third-order valence-electron chi connectivity index (χ3n) is 3.80. The predicted octanol–water partition coefficient (Wildman–Crippen LogP) is 2.22. The first-order chi connectivity index (χ1) is 9.50. The van der Waals surface area contributed by atoms with Gasteiger partial charge in [0.15, 0.2) is 6.61 Å². The Labute approximate surface area is 120 Å². The lowest BCUT2D eigenvalue weighted by atomic mass is 9.80. The van der Waals surface area contributed by atoms with Gasteiger partial charge in [0.25, 0.3) is 5.91 Å². The van der Waals surface area contributed by atoms with Gasteiger partial charge in [-0.15, -0.1) is 0 Å². The number of para-hydroxylation sites is 1. The zero-order chi connectivity index (χ0) is 14.6. The molecule has 1 amide bonds. The van der Waals surface area contributed by atoms with Crippen LogP contribution in [0.3, 0.4) is 0 Å². The average Bonchev–Trinajstić information content (AvgIpc) is 2.41. The molecule has 0 aromatic heterocycles. The summed E-state index contributed by atoms with van der Waals surface area (Å²) in [6.07, 6.45) is 2.57. The molecule has 2 N–H and O–H groups in total. The highest BCUT2D eigenvalue weighted by molar-refractivity contribution is 5.77. The topological polar surface area (TPSA) is 58.6 Å². The van der Waals surface area contributed by atoms with Crippen LogP contribution in [0.1, 0.15) is 44.6 Å². The summed E-state index contributed by atoms with van der Waals surface area (Å²) in [5.41, 5.74) is 0.406. The van der Waals surface area contributed by atoms with Crippen molar-refractivity contribution in [2.24, 2.45) is 0 Å². The Kier molecular flexibility index (Phi) is 4.65. The highest BCUT2D eigenvalue weighted by atomic mass is 16.5. The smallest absolute Gasteiger partial charge is 0.258 e. The number of ether oxygens (including phenoxy) is 1. The number of hydrogen-bond acceptors (Lipinski definition) is 3. The van der Waals surface area contributed by atoms with Crippen LogP contribution < -0.4 is 10.1 Å². The lowest BCUT2D eigenvalue weighted by molar-refractivity contribution is -0.125. The highest BCUT2D eigenvalue weighted by Gasteiger charge is 2.34. The standard InChI is InChI=1S/C16H23NO3/c1-12(2)13-6-3-4-7-14(13)20-10-15(18)17-11-16(19)8-5-9-16/h3-4,6-7,12,19H,5,8-11H2,1-2H3,(H,17,18). The predicted molar refractivity (Wildman–Crippen MR) is 77.8 cm³/mol. The Hall–Kier alpha value is -1.55. The zero-order valence-electron chi connectivity index (χ0n) is 12.2. The third kappa shape index (κ3) is 3.73. The molecule has 0 radical (unpaired) electrons. The van der Waals surface area contributed by atoms with E-state index in [4.69, 9.17) is 4.74 Å². The fourth-order valence-electron chi connectivity index (χ4n) is 2.31. The van der Waals surface area contributed by atoms with Crippen molar-refractivity contribution in [2.75, 3.05) is 13.2 Å². The van der Waals surface area contributed by atoms with Crippen molar-refractivity contribution in [1.29, 1.82) is 0 Å². The van der Waals surface area contributed by atoms with Crippen LogP contribution in [0.5, 0.6) is 5.75 Å². The van der Waals surface area contributed by atoms with E-state index in [9.17, 15) is 9.90 Å². The molecule has 4 nitrogen and oxygen atoms in total. The molecule has 1 saturated carbocycles. The van der Waals surface area contributed by atoms with E-state index in [2.05, 4.69) is 19.2 Å². The van der Waals surface area contributed by atoms with Gasteiger partial charge in [-0.2, -0.15) is 0 Å². The number of benzene rings is 1. The molecule has 1 fully saturated rings. The van der Waals surface area contributed by atoms with Crippen LogP contribution in [0.4, 0.5) is 0 Å². The molecule has 0 unspecified atom stereocenters. The number of carbonyl (C=O) groups excluding carboxylic acids is 1. The molecule has 0 bridgehead atoms. The van der Waals surface area contributed by atoms with Gasteiger partial charge >= 0.3 is 0 Å². The maximum Gasteiger partial charge on any atom is 0.258 e. The third-order valence-corrected chi connectivity index (χ3v) is 3.80. The maximum absolute atomic E-state index is 11.7. The molecule has 4 heteroatoms. The Balaban J connectivity index is 1.81. The molecule has 0 aliphatic heterocycles. The first kappa shape index (κ1) is 14.9. The molecular weight excluding hydrogens is 254 g/mol. The summed E-state index contributed by atoms with van der Waals surface area (Å²) in [4.78, 5) is 11.7. The quantitative estimate of drug-likeness (QED) is 0.838. The van der Waals surface area contributed by atoms with E-state index < -0.39 is 5.60 Å². The lowest BCUT2D eigenvalue weighted by Crippen LogP contribution is -2.48. The normalized spacial score (nSPS) is 16.6. The minimum Gasteiger partial charge on any atom is -0.483 e. The summed E-state index contributed by atoms with van der Waals surface area (Å²) in [6.45, 7) is 4.49. The minimum atomic E-state index is -0.689. The van der Waals surface area contributed by atoms with Crippen molar-refractivity contribution in [2.45, 2.75) is 44.6 Å². The van der Waals surface area contributed by atoms with Gasteiger partial charge in [-0.25, -0.2) is 0 Å². The molecule has 1 aromatic carbocycles. The zero-order valence-corrected chi connectivity index (χ0v) is 12.2. The summed E-state index contributed by atoms with van der Waals surface area (Å²) in [5, 5.41) is 12.6. The van der Waals surface area contributed by atoms with E-state index in [0.29, 0.717) is 12.5 Å². The van der Waals surface area contributed by atoms with Gasteiger partial charge in [0.05, 0.1) is 5.60 Å². The summed E-state index contributed by atoms with van der Waals surface area (Å²) < 4.78 is 5.58. The number of aliphatic hydroxyl groups is 1. The Morgan fingerprint density at radius 1 is 1.40 bits per heavy atom. The van der Waals surface area contributed by atoms with Gasteiger partial charge in [0.2, 0.25) is 0 Å². The minimum absolute atomic E-state index is 0.0141. The van der Waals surface area contributed by atoms with E-state index in [-0.39, 0.29) is 12.5 Å². The van der Waals surface area contributed by atoms with Crippen molar-refractivity contribution >= 4 is 5.91 Å². The second kappa shape index (κ2) is 6.27. The van der Waals surface area contributed by atoms with Crippen LogP contribution in [0.2, 0.25) is 0 Å². The van der Waals surface area contributed by atoms with Crippen LogP contribution in [-0.2, 0) is 4.79 Å². The summed E-state index contributed by atoms with van der Waals surface area (Å²) in [6, 6.07) is 7.75. The molecule has 0 heterocycles. The molecule has 0 spiro atoms. The van der Waals surface area contributed by atoms with Gasteiger partial charge < -0.3 is 15.2 Å². The van der Waals surface area contributed by atoms with Crippen LogP contribution in [0.15, 0.2) is 24.3 Å². The van der Waals surface area contributed by atoms with Crippen LogP contribution in [0, 0.1) is 0 Å². The van der Waals surface area contributed by atoms with E-state index >= 15 is 0 Å². The molecule has 2 rings (SSSR count). The van der Waals surface area contributed by atoms with Crippen molar-refractivity contribution in [1.82, 2.24) is 5.32 Å². The fraction of sp³-hybridized carbons (Fsp3) is 0.562. The van der Waals surface area contributed by atoms with Crippen LogP contribution in [0.25, 0.3) is 0 Å². The van der Waals surface area contributed by atoms with Gasteiger partial charge in [0.1, 0.15) is 5.75 Å². The second-order valence-corrected chi connectivity index (χ2v) is 5.84. The summed E-state index contributed by atoms with van der Waals surface area (Å²) in [5.74, 6) is 0.911. The first-order valence-corrected chi connectivity index (χ1v) is 7.21. The van der Waals surface area contributed by atoms with Gasteiger partial charge in [0, 0.05) is 6.54 Å². The van der Waals surface area contributed by atoms with Crippen molar-refractivity contribution < 1.29 is 14.6 Å².